The highest BCUT2D eigenvalue weighted by atomic mass is 32.2. The van der Waals surface area contributed by atoms with Gasteiger partial charge in [-0.1, -0.05) is 30.3 Å². The van der Waals surface area contributed by atoms with Crippen LogP contribution in [-0.4, -0.2) is 21.6 Å². The zero-order valence-corrected chi connectivity index (χ0v) is 14.6. The number of hydrogen-bond acceptors (Lipinski definition) is 4. The van der Waals surface area contributed by atoms with Crippen LogP contribution in [0.5, 0.6) is 0 Å². The lowest BCUT2D eigenvalue weighted by atomic mass is 9.88. The van der Waals surface area contributed by atoms with Crippen LogP contribution >= 0.6 is 11.8 Å². The van der Waals surface area contributed by atoms with Gasteiger partial charge in [0.1, 0.15) is 0 Å². The van der Waals surface area contributed by atoms with E-state index in [2.05, 4.69) is 0 Å². The highest BCUT2D eigenvalue weighted by Gasteiger charge is 2.39. The summed E-state index contributed by atoms with van der Waals surface area (Å²) >= 11 is 1.55. The molecule has 0 aromatic heterocycles. The largest absolute Gasteiger partial charge is 0.324 e. The standard InChI is InChI=1S/C18H18N2O3S/c1-12(21)19-11-24-17-15(13-7-5-4-6-8-13)9-14(20(22)23)10-16(17)18(19,2)3/h4-10H,11H2,1-3H3. The number of benzene rings is 2. The molecular formula is C18H18N2O3S. The maximum absolute atomic E-state index is 12.0. The fourth-order valence-electron chi connectivity index (χ4n) is 3.08. The van der Waals surface area contributed by atoms with Gasteiger partial charge in [0.2, 0.25) is 5.91 Å². The number of non-ortho nitro benzene ring substituents is 1. The van der Waals surface area contributed by atoms with E-state index in [1.54, 1.807) is 28.8 Å². The summed E-state index contributed by atoms with van der Waals surface area (Å²) in [7, 11) is 0. The van der Waals surface area contributed by atoms with E-state index in [-0.39, 0.29) is 16.5 Å². The Kier molecular flexibility index (Phi) is 4.09. The van der Waals surface area contributed by atoms with Crippen molar-refractivity contribution in [3.8, 4) is 11.1 Å². The Morgan fingerprint density at radius 1 is 1.25 bits per heavy atom. The van der Waals surface area contributed by atoms with E-state index in [1.807, 2.05) is 44.2 Å². The highest BCUT2D eigenvalue weighted by molar-refractivity contribution is 7.99. The normalized spacial score (nSPS) is 15.7. The molecule has 3 rings (SSSR count). The SMILES string of the molecule is CC(=O)N1CSc2c(-c3ccccc3)cc([N+](=O)[O-])cc2C1(C)C. The average Bonchev–Trinajstić information content (AvgIpc) is 2.54. The number of nitro groups is 1. The maximum Gasteiger partial charge on any atom is 0.270 e. The zero-order chi connectivity index (χ0) is 17.5. The monoisotopic (exact) mass is 342 g/mol. The van der Waals surface area contributed by atoms with Gasteiger partial charge in [-0.25, -0.2) is 0 Å². The molecule has 0 spiro atoms. The summed E-state index contributed by atoms with van der Waals surface area (Å²) in [6.07, 6.45) is 0. The number of nitrogens with zero attached hydrogens (tertiary/aromatic N) is 2. The molecule has 0 unspecified atom stereocenters. The first-order chi connectivity index (χ1) is 11.3. The molecule has 2 aromatic carbocycles. The Morgan fingerprint density at radius 2 is 1.92 bits per heavy atom. The lowest BCUT2D eigenvalue weighted by Crippen LogP contribution is -2.46. The van der Waals surface area contributed by atoms with E-state index in [0.717, 1.165) is 21.6 Å². The van der Waals surface area contributed by atoms with Crippen molar-refractivity contribution >= 4 is 23.4 Å². The number of nitro benzene ring substituents is 1. The smallest absolute Gasteiger partial charge is 0.270 e. The van der Waals surface area contributed by atoms with Crippen molar-refractivity contribution in [1.29, 1.82) is 0 Å². The second-order valence-corrected chi connectivity index (χ2v) is 7.23. The van der Waals surface area contributed by atoms with Crippen molar-refractivity contribution < 1.29 is 9.72 Å². The van der Waals surface area contributed by atoms with E-state index in [0.29, 0.717) is 5.88 Å². The summed E-state index contributed by atoms with van der Waals surface area (Å²) in [5, 5.41) is 11.4. The lowest BCUT2D eigenvalue weighted by Gasteiger charge is -2.43. The van der Waals surface area contributed by atoms with Crippen LogP contribution in [0.1, 0.15) is 26.3 Å². The van der Waals surface area contributed by atoms with Crippen LogP contribution in [0, 0.1) is 10.1 Å². The first-order valence-corrected chi connectivity index (χ1v) is 8.60. The number of thioether (sulfide) groups is 1. The zero-order valence-electron chi connectivity index (χ0n) is 13.8. The topological polar surface area (TPSA) is 63.5 Å². The molecule has 5 nitrogen and oxygen atoms in total. The minimum absolute atomic E-state index is 0.0362. The van der Waals surface area contributed by atoms with E-state index >= 15 is 0 Å². The molecule has 24 heavy (non-hydrogen) atoms. The second-order valence-electron chi connectivity index (χ2n) is 6.27. The summed E-state index contributed by atoms with van der Waals surface area (Å²) in [4.78, 5) is 25.8. The molecule has 1 amide bonds. The van der Waals surface area contributed by atoms with Gasteiger partial charge in [-0.2, -0.15) is 0 Å². The Balaban J connectivity index is 2.28. The molecule has 0 fully saturated rings. The molecule has 0 saturated carbocycles. The molecule has 0 atom stereocenters. The van der Waals surface area contributed by atoms with Crippen molar-refractivity contribution in [2.75, 3.05) is 5.88 Å². The predicted molar refractivity (Wildman–Crippen MR) is 94.8 cm³/mol. The second kappa shape index (κ2) is 5.94. The minimum Gasteiger partial charge on any atom is -0.324 e. The van der Waals surface area contributed by atoms with Crippen molar-refractivity contribution in [2.45, 2.75) is 31.2 Å². The van der Waals surface area contributed by atoms with Crippen LogP contribution in [0.4, 0.5) is 5.69 Å². The van der Waals surface area contributed by atoms with E-state index < -0.39 is 5.54 Å². The number of carbonyl (C=O) groups is 1. The first-order valence-electron chi connectivity index (χ1n) is 7.61. The van der Waals surface area contributed by atoms with Crippen LogP contribution in [-0.2, 0) is 10.3 Å². The van der Waals surface area contributed by atoms with Crippen LogP contribution in [0.15, 0.2) is 47.4 Å². The molecule has 6 heteroatoms. The van der Waals surface area contributed by atoms with Gasteiger partial charge in [-0.3, -0.25) is 14.9 Å². The van der Waals surface area contributed by atoms with Gasteiger partial charge in [-0.15, -0.1) is 11.8 Å². The molecular weight excluding hydrogens is 324 g/mol. The predicted octanol–water partition coefficient (Wildman–Crippen LogP) is 4.41. The number of fused-ring (bicyclic) bond motifs is 1. The summed E-state index contributed by atoms with van der Waals surface area (Å²) in [6, 6.07) is 12.9. The molecule has 0 saturated heterocycles. The molecule has 124 valence electrons. The van der Waals surface area contributed by atoms with Crippen LogP contribution in [0.2, 0.25) is 0 Å². The molecule has 0 bridgehead atoms. The van der Waals surface area contributed by atoms with Gasteiger partial charge in [0, 0.05) is 29.5 Å². The van der Waals surface area contributed by atoms with Crippen molar-refractivity contribution in [2.24, 2.45) is 0 Å². The number of amides is 1. The van der Waals surface area contributed by atoms with E-state index in [4.69, 9.17) is 0 Å². The third-order valence-corrected chi connectivity index (χ3v) is 5.54. The van der Waals surface area contributed by atoms with Crippen molar-refractivity contribution in [3.63, 3.8) is 0 Å². The molecule has 0 radical (unpaired) electrons. The van der Waals surface area contributed by atoms with Crippen molar-refractivity contribution in [1.82, 2.24) is 4.90 Å². The third kappa shape index (κ3) is 2.67. The highest BCUT2D eigenvalue weighted by Crippen LogP contribution is 2.47. The Labute approximate surface area is 144 Å². The van der Waals surface area contributed by atoms with Gasteiger partial charge < -0.3 is 4.90 Å². The van der Waals surface area contributed by atoms with Gasteiger partial charge in [0.05, 0.1) is 16.3 Å². The summed E-state index contributed by atoms with van der Waals surface area (Å²) < 4.78 is 0. The Bertz CT molecular complexity index is 819. The minimum atomic E-state index is -0.595. The molecule has 2 aromatic rings. The Hall–Kier alpha value is -2.34. The van der Waals surface area contributed by atoms with Gasteiger partial charge in [-0.05, 0) is 25.0 Å². The Morgan fingerprint density at radius 3 is 2.50 bits per heavy atom. The fourth-order valence-corrected chi connectivity index (χ4v) is 4.64. The molecule has 1 heterocycles. The third-order valence-electron chi connectivity index (χ3n) is 4.42. The maximum atomic E-state index is 12.0. The van der Waals surface area contributed by atoms with Crippen molar-refractivity contribution in [3.05, 3.63) is 58.1 Å². The van der Waals surface area contributed by atoms with Gasteiger partial charge >= 0.3 is 0 Å². The molecule has 0 N–H and O–H groups in total. The van der Waals surface area contributed by atoms with Gasteiger partial charge in [0.15, 0.2) is 0 Å². The van der Waals surface area contributed by atoms with E-state index in [9.17, 15) is 14.9 Å². The summed E-state index contributed by atoms with van der Waals surface area (Å²) in [6.45, 7) is 5.40. The fraction of sp³-hybridized carbons (Fsp3) is 0.278. The number of carbonyl (C=O) groups excluding carboxylic acids is 1. The number of rotatable bonds is 2. The number of hydrogen-bond donors (Lipinski definition) is 0. The summed E-state index contributed by atoms with van der Waals surface area (Å²) in [5.74, 6) is 0.499. The molecule has 1 aliphatic heterocycles. The van der Waals surface area contributed by atoms with E-state index in [1.165, 1.54) is 6.92 Å². The molecule has 1 aliphatic rings. The summed E-state index contributed by atoms with van der Waals surface area (Å²) in [5.41, 5.74) is 2.06. The van der Waals surface area contributed by atoms with Crippen LogP contribution in [0.25, 0.3) is 11.1 Å². The first kappa shape index (κ1) is 16.5. The lowest BCUT2D eigenvalue weighted by molar-refractivity contribution is -0.385. The van der Waals surface area contributed by atoms with Gasteiger partial charge in [0.25, 0.3) is 5.69 Å². The molecule has 0 aliphatic carbocycles. The van der Waals surface area contributed by atoms with Crippen LogP contribution < -0.4 is 0 Å². The average molecular weight is 342 g/mol. The van der Waals surface area contributed by atoms with Crippen LogP contribution in [0.3, 0.4) is 0 Å². The quantitative estimate of drug-likeness (QED) is 0.599.